The van der Waals surface area contributed by atoms with E-state index in [1.165, 1.54) is 31.2 Å². The number of carbonyl (C=O) groups excluding carboxylic acids is 5. The van der Waals surface area contributed by atoms with Gasteiger partial charge in [0.25, 0.3) is 5.91 Å². The van der Waals surface area contributed by atoms with Crippen molar-refractivity contribution in [3.8, 4) is 11.1 Å². The number of nitrogens with one attached hydrogen (secondary N) is 4. The lowest BCUT2D eigenvalue weighted by atomic mass is 9.99. The Labute approximate surface area is 311 Å². The van der Waals surface area contributed by atoms with E-state index in [1.54, 1.807) is 68.4 Å². The zero-order valence-electron chi connectivity index (χ0n) is 30.0. The molecule has 0 saturated heterocycles. The average molecular weight is 776 g/mol. The number of sulfone groups is 1. The van der Waals surface area contributed by atoms with E-state index in [9.17, 15) is 50.7 Å². The molecule has 0 aliphatic rings. The number of halogens is 3. The van der Waals surface area contributed by atoms with E-state index in [1.807, 2.05) is 5.32 Å². The Morgan fingerprint density at radius 1 is 0.759 bits per heavy atom. The topological polar surface area (TPSA) is 214 Å². The SMILES string of the molecule is CC(NC(=O)C(Cc1ccccc1)NC(=O)C(NC(=O)c1ccc(-c2ccc(S(C)(=O)=O)cc2)cc1)C(C)C)C(=O)NC(CCC(N)=O)C(O)C(F)(F)F. The molecule has 0 aliphatic carbocycles. The van der Waals surface area contributed by atoms with Crippen LogP contribution >= 0.6 is 0 Å². The number of alkyl halides is 3. The first-order valence-electron chi connectivity index (χ1n) is 16.9. The molecule has 292 valence electrons. The molecule has 5 atom stereocenters. The van der Waals surface area contributed by atoms with Gasteiger partial charge in [0.15, 0.2) is 15.9 Å². The minimum absolute atomic E-state index is 0.0633. The van der Waals surface area contributed by atoms with E-state index in [2.05, 4.69) is 16.0 Å². The molecule has 0 aliphatic heterocycles. The molecule has 0 radical (unpaired) electrons. The van der Waals surface area contributed by atoms with E-state index in [4.69, 9.17) is 5.73 Å². The van der Waals surface area contributed by atoms with E-state index in [0.29, 0.717) is 16.7 Å². The molecule has 0 bridgehead atoms. The molecule has 0 fully saturated rings. The predicted molar refractivity (Wildman–Crippen MR) is 193 cm³/mol. The Morgan fingerprint density at radius 3 is 1.81 bits per heavy atom. The maximum Gasteiger partial charge on any atom is 0.416 e. The number of hydrogen-bond donors (Lipinski definition) is 6. The van der Waals surface area contributed by atoms with Crippen molar-refractivity contribution in [2.24, 2.45) is 11.7 Å². The van der Waals surface area contributed by atoms with Gasteiger partial charge >= 0.3 is 6.18 Å². The van der Waals surface area contributed by atoms with Crippen LogP contribution in [0.15, 0.2) is 83.8 Å². The Morgan fingerprint density at radius 2 is 1.31 bits per heavy atom. The summed E-state index contributed by atoms with van der Waals surface area (Å²) >= 11 is 0. The molecule has 3 rings (SSSR count). The summed E-state index contributed by atoms with van der Waals surface area (Å²) < 4.78 is 63.4. The number of aliphatic hydroxyl groups excluding tert-OH is 1. The summed E-state index contributed by atoms with van der Waals surface area (Å²) in [6, 6.07) is 15.3. The molecular formula is C37H44F3N5O8S. The molecule has 17 heteroatoms. The molecule has 7 N–H and O–H groups in total. The van der Waals surface area contributed by atoms with Crippen LogP contribution in [0.5, 0.6) is 0 Å². The van der Waals surface area contributed by atoms with Gasteiger partial charge in [0, 0.05) is 24.7 Å². The van der Waals surface area contributed by atoms with E-state index in [-0.39, 0.29) is 16.9 Å². The number of primary amides is 1. The lowest BCUT2D eigenvalue weighted by Gasteiger charge is -2.28. The first-order valence-corrected chi connectivity index (χ1v) is 18.8. The predicted octanol–water partition coefficient (Wildman–Crippen LogP) is 2.42. The number of amides is 5. The molecule has 0 heterocycles. The van der Waals surface area contributed by atoms with Crippen LogP contribution < -0.4 is 27.0 Å². The Bertz CT molecular complexity index is 1890. The molecule has 13 nitrogen and oxygen atoms in total. The first kappa shape index (κ1) is 43.1. The zero-order valence-corrected chi connectivity index (χ0v) is 30.8. The number of nitrogens with two attached hydrogens (primary N) is 1. The Kier molecular flexibility index (Phi) is 14.9. The Balaban J connectivity index is 1.75. The summed E-state index contributed by atoms with van der Waals surface area (Å²) in [5, 5.41) is 19.5. The van der Waals surface area contributed by atoms with E-state index < -0.39 is 94.6 Å². The van der Waals surface area contributed by atoms with Gasteiger partial charge in [0.1, 0.15) is 18.1 Å². The molecule has 5 amide bonds. The fourth-order valence-electron chi connectivity index (χ4n) is 5.31. The van der Waals surface area contributed by atoms with Crippen molar-refractivity contribution < 1.29 is 50.7 Å². The van der Waals surface area contributed by atoms with Gasteiger partial charge in [-0.1, -0.05) is 68.4 Å². The summed E-state index contributed by atoms with van der Waals surface area (Å²) in [7, 11) is -3.37. The van der Waals surface area contributed by atoms with Crippen molar-refractivity contribution in [1.29, 1.82) is 0 Å². The monoisotopic (exact) mass is 775 g/mol. The second-order valence-electron chi connectivity index (χ2n) is 13.2. The largest absolute Gasteiger partial charge is 0.416 e. The molecule has 0 spiro atoms. The summed E-state index contributed by atoms with van der Waals surface area (Å²) in [6.45, 7) is 4.54. The molecule has 54 heavy (non-hydrogen) atoms. The molecule has 0 saturated carbocycles. The number of benzene rings is 3. The third-order valence-electron chi connectivity index (χ3n) is 8.41. The Hall–Kier alpha value is -5.29. The highest BCUT2D eigenvalue weighted by Crippen LogP contribution is 2.25. The molecular weight excluding hydrogens is 731 g/mol. The smallest absolute Gasteiger partial charge is 0.382 e. The normalized spacial score (nSPS) is 14.5. The third-order valence-corrected chi connectivity index (χ3v) is 9.54. The minimum Gasteiger partial charge on any atom is -0.382 e. The minimum atomic E-state index is -5.13. The summed E-state index contributed by atoms with van der Waals surface area (Å²) in [4.78, 5) is 64.7. The highest BCUT2D eigenvalue weighted by Gasteiger charge is 2.44. The number of carbonyl (C=O) groups is 5. The van der Waals surface area contributed by atoms with Gasteiger partial charge in [0.05, 0.1) is 10.9 Å². The van der Waals surface area contributed by atoms with Crippen molar-refractivity contribution in [2.45, 2.75) is 81.4 Å². The van der Waals surface area contributed by atoms with Crippen LogP contribution in [0.2, 0.25) is 0 Å². The summed E-state index contributed by atoms with van der Waals surface area (Å²) in [5.41, 5.74) is 7.29. The van der Waals surface area contributed by atoms with Crippen LogP contribution in [0.25, 0.3) is 11.1 Å². The second kappa shape index (κ2) is 18.6. The highest BCUT2D eigenvalue weighted by atomic mass is 32.2. The molecule has 5 unspecified atom stereocenters. The number of rotatable bonds is 17. The van der Waals surface area contributed by atoms with E-state index in [0.717, 1.165) is 6.26 Å². The first-order chi connectivity index (χ1) is 25.2. The van der Waals surface area contributed by atoms with Crippen LogP contribution in [-0.2, 0) is 35.4 Å². The van der Waals surface area contributed by atoms with Gasteiger partial charge in [-0.2, -0.15) is 13.2 Å². The van der Waals surface area contributed by atoms with Crippen molar-refractivity contribution in [3.05, 3.63) is 90.0 Å². The van der Waals surface area contributed by atoms with Gasteiger partial charge in [-0.15, -0.1) is 0 Å². The second-order valence-corrected chi connectivity index (χ2v) is 15.2. The van der Waals surface area contributed by atoms with Gasteiger partial charge in [-0.3, -0.25) is 24.0 Å². The van der Waals surface area contributed by atoms with Gasteiger partial charge in [-0.05, 0) is 60.2 Å². The number of hydrogen-bond acceptors (Lipinski definition) is 8. The van der Waals surface area contributed by atoms with Crippen molar-refractivity contribution in [2.75, 3.05) is 6.26 Å². The van der Waals surface area contributed by atoms with Gasteiger partial charge in [0.2, 0.25) is 23.6 Å². The van der Waals surface area contributed by atoms with Crippen molar-refractivity contribution >= 4 is 39.4 Å². The van der Waals surface area contributed by atoms with Crippen LogP contribution in [0.1, 0.15) is 49.5 Å². The fourth-order valence-corrected chi connectivity index (χ4v) is 5.94. The van der Waals surface area contributed by atoms with E-state index >= 15 is 0 Å². The highest BCUT2D eigenvalue weighted by molar-refractivity contribution is 7.90. The van der Waals surface area contributed by atoms with Crippen molar-refractivity contribution in [3.63, 3.8) is 0 Å². The summed E-state index contributed by atoms with van der Waals surface area (Å²) in [6.07, 6.45) is -8.29. The molecule has 0 aromatic heterocycles. The average Bonchev–Trinajstić information content (AvgIpc) is 3.11. The fraction of sp³-hybridized carbons (Fsp3) is 0.378. The maximum absolute atomic E-state index is 13.7. The lowest BCUT2D eigenvalue weighted by Crippen LogP contribution is -2.59. The van der Waals surface area contributed by atoms with Gasteiger partial charge < -0.3 is 32.1 Å². The van der Waals surface area contributed by atoms with Crippen LogP contribution in [0.4, 0.5) is 13.2 Å². The summed E-state index contributed by atoms with van der Waals surface area (Å²) in [5.74, 6) is -4.71. The van der Waals surface area contributed by atoms with Crippen LogP contribution in [0, 0.1) is 5.92 Å². The van der Waals surface area contributed by atoms with Crippen LogP contribution in [0.3, 0.4) is 0 Å². The standard InChI is InChI=1S/C37H44F3N5O8S/c1-21(2)31(45-34(49)26-12-10-24(11-13-26)25-14-16-27(17-15-25)54(4,52)53)36(51)44-29(20-23-8-6-5-7-9-23)35(50)42-22(3)33(48)43-28(18-19-30(41)46)32(47)37(38,39)40/h5-17,21-22,28-29,31-32,47H,18-20H2,1-4H3,(H2,41,46)(H,42,50)(H,43,48)(H,44,51)(H,45,49). The van der Waals surface area contributed by atoms with Crippen LogP contribution in [-0.4, -0.2) is 85.8 Å². The quantitative estimate of drug-likeness (QED) is 0.120. The van der Waals surface area contributed by atoms with Gasteiger partial charge in [-0.25, -0.2) is 8.42 Å². The maximum atomic E-state index is 13.7. The zero-order chi connectivity index (χ0) is 40.4. The third kappa shape index (κ3) is 12.7. The number of aliphatic hydroxyl groups is 1. The lowest BCUT2D eigenvalue weighted by molar-refractivity contribution is -0.212. The molecule has 3 aromatic rings. The molecule has 3 aromatic carbocycles. The van der Waals surface area contributed by atoms with Crippen molar-refractivity contribution in [1.82, 2.24) is 21.3 Å².